The third-order valence-electron chi connectivity index (χ3n) is 1.95. The maximum Gasteiger partial charge on any atom is 0.331 e. The molecule has 0 spiro atoms. The molecule has 0 aromatic heterocycles. The first kappa shape index (κ1) is 12.8. The van der Waals surface area contributed by atoms with Crippen LogP contribution >= 0.6 is 0 Å². The number of rotatable bonds is 5. The molecular formula is C12H12O5. The van der Waals surface area contributed by atoms with Crippen molar-refractivity contribution in [3.05, 3.63) is 36.4 Å². The summed E-state index contributed by atoms with van der Waals surface area (Å²) in [6.45, 7) is 3.25. The highest BCUT2D eigenvalue weighted by Gasteiger charge is 2.14. The second-order valence-corrected chi connectivity index (χ2v) is 3.21. The molecule has 0 radical (unpaired) electrons. The van der Waals surface area contributed by atoms with Gasteiger partial charge in [-0.2, -0.15) is 0 Å². The molecule has 0 bridgehead atoms. The number of para-hydroxylation sites is 2. The number of ether oxygens (including phenoxy) is 2. The van der Waals surface area contributed by atoms with Crippen LogP contribution in [-0.4, -0.2) is 24.2 Å². The van der Waals surface area contributed by atoms with Crippen molar-refractivity contribution in [3.8, 4) is 11.5 Å². The van der Waals surface area contributed by atoms with E-state index in [4.69, 9.17) is 14.6 Å². The summed E-state index contributed by atoms with van der Waals surface area (Å²) in [5.74, 6) is -1.26. The number of methoxy groups -OCH3 is 1. The highest BCUT2D eigenvalue weighted by molar-refractivity contribution is 5.92. The molecule has 5 nitrogen and oxygen atoms in total. The van der Waals surface area contributed by atoms with Gasteiger partial charge in [0.2, 0.25) is 0 Å². The Hall–Kier alpha value is -2.30. The van der Waals surface area contributed by atoms with Gasteiger partial charge in [-0.1, -0.05) is 18.7 Å². The van der Waals surface area contributed by atoms with Crippen LogP contribution in [0.25, 0.3) is 0 Å². The molecule has 0 saturated heterocycles. The Morgan fingerprint density at radius 1 is 1.29 bits per heavy atom. The molecule has 0 amide bonds. The van der Waals surface area contributed by atoms with E-state index in [1.165, 1.54) is 7.11 Å². The van der Waals surface area contributed by atoms with Crippen molar-refractivity contribution < 1.29 is 24.2 Å². The summed E-state index contributed by atoms with van der Waals surface area (Å²) in [7, 11) is 1.45. The Labute approximate surface area is 98.3 Å². The molecule has 0 fully saturated rings. The lowest BCUT2D eigenvalue weighted by atomic mass is 10.2. The van der Waals surface area contributed by atoms with Crippen LogP contribution in [0.4, 0.5) is 0 Å². The molecule has 17 heavy (non-hydrogen) atoms. The van der Waals surface area contributed by atoms with Crippen molar-refractivity contribution in [2.75, 3.05) is 7.11 Å². The quantitative estimate of drug-likeness (QED) is 0.478. The molecule has 0 aliphatic heterocycles. The summed E-state index contributed by atoms with van der Waals surface area (Å²) < 4.78 is 9.95. The topological polar surface area (TPSA) is 72.8 Å². The fourth-order valence-corrected chi connectivity index (χ4v) is 1.11. The minimum Gasteiger partial charge on any atom is -0.493 e. The third kappa shape index (κ3) is 3.64. The minimum atomic E-state index is -1.22. The lowest BCUT2D eigenvalue weighted by molar-refractivity contribution is -0.138. The van der Waals surface area contributed by atoms with Crippen LogP contribution in [0.1, 0.15) is 6.42 Å². The van der Waals surface area contributed by atoms with Crippen LogP contribution in [0.2, 0.25) is 0 Å². The van der Waals surface area contributed by atoms with E-state index >= 15 is 0 Å². The highest BCUT2D eigenvalue weighted by atomic mass is 16.6. The van der Waals surface area contributed by atoms with Crippen molar-refractivity contribution in [1.29, 1.82) is 0 Å². The first-order chi connectivity index (χ1) is 8.04. The van der Waals surface area contributed by atoms with E-state index in [1.54, 1.807) is 24.3 Å². The van der Waals surface area contributed by atoms with E-state index < -0.39 is 11.9 Å². The predicted octanol–water partition coefficient (Wildman–Crippen LogP) is 1.63. The summed E-state index contributed by atoms with van der Waals surface area (Å²) in [5, 5.41) is 8.57. The Morgan fingerprint density at radius 3 is 2.41 bits per heavy atom. The molecule has 0 unspecified atom stereocenters. The second-order valence-electron chi connectivity index (χ2n) is 3.21. The smallest absolute Gasteiger partial charge is 0.331 e. The number of carbonyl (C=O) groups is 2. The van der Waals surface area contributed by atoms with E-state index in [9.17, 15) is 9.59 Å². The molecule has 1 aromatic rings. The zero-order chi connectivity index (χ0) is 12.8. The molecule has 0 aliphatic rings. The van der Waals surface area contributed by atoms with E-state index in [-0.39, 0.29) is 17.7 Å². The number of carbonyl (C=O) groups excluding carboxylic acids is 1. The predicted molar refractivity (Wildman–Crippen MR) is 60.0 cm³/mol. The van der Waals surface area contributed by atoms with E-state index in [0.717, 1.165) is 0 Å². The summed E-state index contributed by atoms with van der Waals surface area (Å²) >= 11 is 0. The molecule has 0 aliphatic carbocycles. The van der Waals surface area contributed by atoms with Crippen LogP contribution < -0.4 is 9.47 Å². The lowest BCUT2D eigenvalue weighted by Crippen LogP contribution is -2.12. The highest BCUT2D eigenvalue weighted by Crippen LogP contribution is 2.26. The van der Waals surface area contributed by atoms with Gasteiger partial charge >= 0.3 is 11.9 Å². The Bertz CT molecular complexity index is 450. The average Bonchev–Trinajstić information content (AvgIpc) is 2.29. The van der Waals surface area contributed by atoms with Gasteiger partial charge < -0.3 is 14.6 Å². The van der Waals surface area contributed by atoms with Gasteiger partial charge in [0.15, 0.2) is 11.5 Å². The number of hydrogen-bond donors (Lipinski definition) is 1. The SMILES string of the molecule is C=C(CC(=O)Oc1ccccc1OC)C(=O)O. The monoisotopic (exact) mass is 236 g/mol. The largest absolute Gasteiger partial charge is 0.493 e. The van der Waals surface area contributed by atoms with Gasteiger partial charge in [0, 0.05) is 5.57 Å². The maximum absolute atomic E-state index is 11.4. The normalized spacial score (nSPS) is 9.47. The van der Waals surface area contributed by atoms with E-state index in [1.807, 2.05) is 0 Å². The van der Waals surface area contributed by atoms with Gasteiger partial charge in [-0.05, 0) is 12.1 Å². The maximum atomic E-state index is 11.4. The van der Waals surface area contributed by atoms with Crippen LogP contribution in [-0.2, 0) is 9.59 Å². The number of carboxylic acids is 1. The van der Waals surface area contributed by atoms with Gasteiger partial charge in [-0.15, -0.1) is 0 Å². The Morgan fingerprint density at radius 2 is 1.88 bits per heavy atom. The van der Waals surface area contributed by atoms with Gasteiger partial charge in [-0.25, -0.2) is 4.79 Å². The number of carboxylic acid groups (broad SMARTS) is 1. The summed E-state index contributed by atoms with van der Waals surface area (Å²) in [6.07, 6.45) is -0.368. The van der Waals surface area contributed by atoms with Crippen LogP contribution in [0.5, 0.6) is 11.5 Å². The molecule has 90 valence electrons. The molecule has 1 N–H and O–H groups in total. The van der Waals surface area contributed by atoms with Crippen molar-refractivity contribution in [1.82, 2.24) is 0 Å². The molecule has 1 aromatic carbocycles. The van der Waals surface area contributed by atoms with Crippen LogP contribution in [0.15, 0.2) is 36.4 Å². The second kappa shape index (κ2) is 5.69. The molecule has 5 heteroatoms. The van der Waals surface area contributed by atoms with Crippen molar-refractivity contribution >= 4 is 11.9 Å². The van der Waals surface area contributed by atoms with Crippen molar-refractivity contribution in [2.24, 2.45) is 0 Å². The average molecular weight is 236 g/mol. The number of benzene rings is 1. The lowest BCUT2D eigenvalue weighted by Gasteiger charge is -2.08. The van der Waals surface area contributed by atoms with E-state index in [0.29, 0.717) is 5.75 Å². The Balaban J connectivity index is 2.68. The third-order valence-corrected chi connectivity index (χ3v) is 1.95. The zero-order valence-electron chi connectivity index (χ0n) is 9.30. The van der Waals surface area contributed by atoms with Crippen LogP contribution in [0, 0.1) is 0 Å². The van der Waals surface area contributed by atoms with Gasteiger partial charge in [0.1, 0.15) is 0 Å². The molecule has 0 heterocycles. The summed E-state index contributed by atoms with van der Waals surface area (Å²) in [5.41, 5.74) is -0.218. The number of hydrogen-bond acceptors (Lipinski definition) is 4. The number of esters is 1. The van der Waals surface area contributed by atoms with Gasteiger partial charge in [0.05, 0.1) is 13.5 Å². The summed E-state index contributed by atoms with van der Waals surface area (Å²) in [4.78, 5) is 21.9. The Kier molecular flexibility index (Phi) is 4.28. The van der Waals surface area contributed by atoms with Gasteiger partial charge in [-0.3, -0.25) is 4.79 Å². The van der Waals surface area contributed by atoms with Crippen molar-refractivity contribution in [3.63, 3.8) is 0 Å². The molecule has 1 rings (SSSR count). The summed E-state index contributed by atoms with van der Waals surface area (Å²) in [6, 6.07) is 6.60. The number of aliphatic carboxylic acids is 1. The minimum absolute atomic E-state index is 0.218. The van der Waals surface area contributed by atoms with Gasteiger partial charge in [0.25, 0.3) is 0 Å². The zero-order valence-corrected chi connectivity index (χ0v) is 9.30. The molecule has 0 atom stereocenters. The first-order valence-electron chi connectivity index (χ1n) is 4.79. The fourth-order valence-electron chi connectivity index (χ4n) is 1.11. The standard InChI is InChI=1S/C12H12O5/c1-8(12(14)15)7-11(13)17-10-6-4-3-5-9(10)16-2/h3-6H,1,7H2,2H3,(H,14,15). The molecular weight excluding hydrogens is 224 g/mol. The van der Waals surface area contributed by atoms with E-state index in [2.05, 4.69) is 6.58 Å². The van der Waals surface area contributed by atoms with Crippen molar-refractivity contribution in [2.45, 2.75) is 6.42 Å². The first-order valence-corrected chi connectivity index (χ1v) is 4.79. The molecule has 0 saturated carbocycles. The fraction of sp³-hybridized carbons (Fsp3) is 0.167. The van der Waals surface area contributed by atoms with Crippen LogP contribution in [0.3, 0.4) is 0 Å².